The van der Waals surface area contributed by atoms with E-state index in [4.69, 9.17) is 0 Å². The highest BCUT2D eigenvalue weighted by molar-refractivity contribution is 9.10. The lowest BCUT2D eigenvalue weighted by atomic mass is 10.2. The van der Waals surface area contributed by atoms with Gasteiger partial charge in [0.1, 0.15) is 5.70 Å². The van der Waals surface area contributed by atoms with Crippen LogP contribution in [0.1, 0.15) is 22.2 Å². The van der Waals surface area contributed by atoms with Crippen LogP contribution in [0.15, 0.2) is 111 Å². The first-order chi connectivity index (χ1) is 18.4. The maximum Gasteiger partial charge on any atom is 0.272 e. The number of nitrogens with one attached hydrogen (secondary N) is 3. The second-order valence-electron chi connectivity index (χ2n) is 8.10. The van der Waals surface area contributed by atoms with Gasteiger partial charge in [-0.25, -0.2) is 0 Å². The van der Waals surface area contributed by atoms with Crippen molar-refractivity contribution in [3.63, 3.8) is 0 Å². The van der Waals surface area contributed by atoms with Crippen LogP contribution in [0.2, 0.25) is 0 Å². The Morgan fingerprint density at radius 1 is 0.868 bits per heavy atom. The zero-order valence-corrected chi connectivity index (χ0v) is 23.5. The van der Waals surface area contributed by atoms with E-state index in [0.29, 0.717) is 16.9 Å². The van der Waals surface area contributed by atoms with Crippen molar-refractivity contribution >= 4 is 74.2 Å². The summed E-state index contributed by atoms with van der Waals surface area (Å²) in [4.78, 5) is 40.2. The van der Waals surface area contributed by atoms with Crippen LogP contribution in [0, 0.1) is 0 Å². The summed E-state index contributed by atoms with van der Waals surface area (Å²) in [7, 11) is 0. The third-order valence-electron chi connectivity index (χ3n) is 5.28. The Labute approximate surface area is 237 Å². The molecule has 0 fully saturated rings. The van der Waals surface area contributed by atoms with Crippen molar-refractivity contribution in [3.05, 3.63) is 117 Å². The molecule has 0 radical (unpaired) electrons. The minimum atomic E-state index is -0.440. The van der Waals surface area contributed by atoms with Crippen molar-refractivity contribution in [1.82, 2.24) is 5.32 Å². The zero-order chi connectivity index (χ0) is 26.9. The molecule has 3 amide bonds. The van der Waals surface area contributed by atoms with E-state index in [9.17, 15) is 14.4 Å². The molecular formula is C29H24BrN3O3S2. The van der Waals surface area contributed by atoms with Crippen LogP contribution < -0.4 is 16.0 Å². The van der Waals surface area contributed by atoms with Gasteiger partial charge in [0.05, 0.1) is 10.9 Å². The largest absolute Gasteiger partial charge is 0.324 e. The Balaban J connectivity index is 1.40. The van der Waals surface area contributed by atoms with E-state index in [1.54, 1.807) is 42.5 Å². The summed E-state index contributed by atoms with van der Waals surface area (Å²) < 4.78 is 0.818. The molecule has 0 saturated carbocycles. The molecule has 3 N–H and O–H groups in total. The number of carbonyl (C=O) groups excluding carboxylic acids is 3. The Bertz CT molecular complexity index is 1440. The third kappa shape index (κ3) is 7.67. The molecule has 4 rings (SSSR count). The number of rotatable bonds is 9. The molecule has 9 heteroatoms. The number of para-hydroxylation sites is 1. The Kier molecular flexibility index (Phi) is 9.53. The van der Waals surface area contributed by atoms with Gasteiger partial charge in [-0.05, 0) is 88.9 Å². The van der Waals surface area contributed by atoms with Crippen molar-refractivity contribution in [2.45, 2.75) is 17.1 Å². The maximum absolute atomic E-state index is 13.1. The molecule has 1 atom stereocenters. The summed E-state index contributed by atoms with van der Waals surface area (Å²) in [6.45, 7) is 1.84. The lowest BCUT2D eigenvalue weighted by molar-refractivity contribution is -0.115. The number of amides is 3. The van der Waals surface area contributed by atoms with Crippen LogP contribution in [-0.4, -0.2) is 23.0 Å². The van der Waals surface area contributed by atoms with Crippen molar-refractivity contribution in [2.24, 2.45) is 0 Å². The van der Waals surface area contributed by atoms with Crippen LogP contribution in [-0.2, 0) is 9.59 Å². The molecule has 1 heterocycles. The van der Waals surface area contributed by atoms with Crippen LogP contribution in [0.25, 0.3) is 6.08 Å². The molecule has 6 nitrogen and oxygen atoms in total. The lowest BCUT2D eigenvalue weighted by Gasteiger charge is -2.14. The molecule has 0 spiro atoms. The molecule has 38 heavy (non-hydrogen) atoms. The molecule has 1 aromatic heterocycles. The number of halogens is 1. The first-order valence-electron chi connectivity index (χ1n) is 11.6. The molecule has 0 saturated heterocycles. The molecule has 0 aliphatic rings. The fraction of sp³-hybridized carbons (Fsp3) is 0.0690. The summed E-state index contributed by atoms with van der Waals surface area (Å²) >= 11 is 6.31. The van der Waals surface area contributed by atoms with E-state index in [1.807, 2.05) is 66.9 Å². The highest BCUT2D eigenvalue weighted by Gasteiger charge is 2.17. The minimum Gasteiger partial charge on any atom is -0.324 e. The molecule has 4 aromatic rings. The normalized spacial score (nSPS) is 11.9. The van der Waals surface area contributed by atoms with Crippen molar-refractivity contribution in [2.75, 3.05) is 10.6 Å². The van der Waals surface area contributed by atoms with E-state index >= 15 is 0 Å². The SMILES string of the molecule is CC(Sc1ccc(NC(=O)/C(=C/c2cccs2)NC(=O)c2ccccc2)cc1)C(=O)Nc1ccccc1Br. The van der Waals surface area contributed by atoms with Gasteiger partial charge in [-0.15, -0.1) is 23.1 Å². The van der Waals surface area contributed by atoms with E-state index in [0.717, 1.165) is 14.2 Å². The second-order valence-corrected chi connectivity index (χ2v) is 11.3. The van der Waals surface area contributed by atoms with Gasteiger partial charge in [0.2, 0.25) is 5.91 Å². The molecule has 1 unspecified atom stereocenters. The topological polar surface area (TPSA) is 87.3 Å². The van der Waals surface area contributed by atoms with Crippen LogP contribution in [0.3, 0.4) is 0 Å². The highest BCUT2D eigenvalue weighted by Crippen LogP contribution is 2.27. The van der Waals surface area contributed by atoms with E-state index in [2.05, 4.69) is 31.9 Å². The summed E-state index contributed by atoms with van der Waals surface area (Å²) in [5, 5.41) is 10.1. The third-order valence-corrected chi connectivity index (χ3v) is 7.91. The number of benzene rings is 3. The first-order valence-corrected chi connectivity index (χ1v) is 14.2. The van der Waals surface area contributed by atoms with Crippen LogP contribution in [0.5, 0.6) is 0 Å². The quantitative estimate of drug-likeness (QED) is 0.141. The molecule has 0 aliphatic carbocycles. The Morgan fingerprint density at radius 2 is 1.58 bits per heavy atom. The minimum absolute atomic E-state index is 0.114. The average Bonchev–Trinajstić information content (AvgIpc) is 3.44. The number of thioether (sulfide) groups is 1. The first kappa shape index (κ1) is 27.4. The number of hydrogen-bond donors (Lipinski definition) is 3. The summed E-state index contributed by atoms with van der Waals surface area (Å²) in [6, 6.07) is 27.1. The van der Waals surface area contributed by atoms with Gasteiger partial charge in [0, 0.05) is 25.5 Å². The number of hydrogen-bond acceptors (Lipinski definition) is 5. The van der Waals surface area contributed by atoms with Gasteiger partial charge in [-0.2, -0.15) is 0 Å². The smallest absolute Gasteiger partial charge is 0.272 e. The monoisotopic (exact) mass is 605 g/mol. The van der Waals surface area contributed by atoms with Crippen molar-refractivity contribution in [3.8, 4) is 0 Å². The molecule has 0 aliphatic heterocycles. The summed E-state index contributed by atoms with van der Waals surface area (Å²) in [6.07, 6.45) is 1.65. The maximum atomic E-state index is 13.1. The lowest BCUT2D eigenvalue weighted by Crippen LogP contribution is -2.30. The Morgan fingerprint density at radius 3 is 2.26 bits per heavy atom. The number of thiophene rings is 1. The molecule has 192 valence electrons. The zero-order valence-electron chi connectivity index (χ0n) is 20.3. The molecular weight excluding hydrogens is 582 g/mol. The summed E-state index contributed by atoms with van der Waals surface area (Å²) in [5.41, 5.74) is 1.87. The van der Waals surface area contributed by atoms with E-state index in [1.165, 1.54) is 23.1 Å². The van der Waals surface area contributed by atoms with Gasteiger partial charge >= 0.3 is 0 Å². The predicted octanol–water partition coefficient (Wildman–Crippen LogP) is 7.04. The summed E-state index contributed by atoms with van der Waals surface area (Å²) in [5.74, 6) is -0.925. The molecule has 0 bridgehead atoms. The second kappa shape index (κ2) is 13.2. The predicted molar refractivity (Wildman–Crippen MR) is 159 cm³/mol. The number of anilines is 2. The standard InChI is InChI=1S/C29H24BrN3O3S2/c1-19(27(34)32-25-12-6-5-11-24(25)30)38-22-15-13-21(14-16-22)31-29(36)26(18-23-10-7-17-37-23)33-28(35)20-8-3-2-4-9-20/h2-19H,1H3,(H,31,36)(H,32,34)(H,33,35)/b26-18-. The van der Waals surface area contributed by atoms with Crippen molar-refractivity contribution < 1.29 is 14.4 Å². The van der Waals surface area contributed by atoms with Gasteiger partial charge in [-0.1, -0.05) is 36.4 Å². The van der Waals surface area contributed by atoms with Gasteiger partial charge in [0.15, 0.2) is 0 Å². The van der Waals surface area contributed by atoms with E-state index in [-0.39, 0.29) is 22.8 Å². The fourth-order valence-electron chi connectivity index (χ4n) is 3.33. The molecule has 3 aromatic carbocycles. The van der Waals surface area contributed by atoms with Crippen LogP contribution in [0.4, 0.5) is 11.4 Å². The van der Waals surface area contributed by atoms with Crippen LogP contribution >= 0.6 is 39.0 Å². The van der Waals surface area contributed by atoms with Gasteiger partial charge in [0.25, 0.3) is 11.8 Å². The van der Waals surface area contributed by atoms with Gasteiger partial charge < -0.3 is 16.0 Å². The fourth-order valence-corrected chi connectivity index (χ4v) is 5.24. The van der Waals surface area contributed by atoms with Crippen molar-refractivity contribution in [1.29, 1.82) is 0 Å². The Hall–Kier alpha value is -3.66. The van der Waals surface area contributed by atoms with E-state index < -0.39 is 5.91 Å². The highest BCUT2D eigenvalue weighted by atomic mass is 79.9. The number of carbonyl (C=O) groups is 3. The van der Waals surface area contributed by atoms with Gasteiger partial charge in [-0.3, -0.25) is 14.4 Å². The average molecular weight is 607 g/mol.